The predicted octanol–water partition coefficient (Wildman–Crippen LogP) is 2.95. The van der Waals surface area contributed by atoms with Gasteiger partial charge in [-0.3, -0.25) is 4.90 Å². The smallest absolute Gasteiger partial charge is 0.123 e. The first-order valence-corrected chi connectivity index (χ1v) is 6.84. The zero-order valence-electron chi connectivity index (χ0n) is 11.6. The van der Waals surface area contributed by atoms with Gasteiger partial charge in [-0.2, -0.15) is 0 Å². The lowest BCUT2D eigenvalue weighted by Crippen LogP contribution is -2.32. The van der Waals surface area contributed by atoms with E-state index in [1.165, 1.54) is 24.6 Å². The number of benzene rings is 1. The predicted molar refractivity (Wildman–Crippen MR) is 72.7 cm³/mol. The Bertz CT molecular complexity index is 419. The van der Waals surface area contributed by atoms with Crippen LogP contribution in [0.5, 0.6) is 5.75 Å². The molecule has 0 spiro atoms. The lowest BCUT2D eigenvalue weighted by molar-refractivity contribution is 0.0370. The maximum Gasteiger partial charge on any atom is 0.123 e. The highest BCUT2D eigenvalue weighted by Crippen LogP contribution is 2.29. The van der Waals surface area contributed by atoms with Gasteiger partial charge in [-0.25, -0.2) is 4.39 Å². The van der Waals surface area contributed by atoms with E-state index in [9.17, 15) is 9.50 Å². The third-order valence-electron chi connectivity index (χ3n) is 3.90. The summed E-state index contributed by atoms with van der Waals surface area (Å²) in [6.45, 7) is 4.54. The maximum absolute atomic E-state index is 13.3. The first-order valence-electron chi connectivity index (χ1n) is 6.84. The molecule has 0 amide bonds. The number of hydrogen-bond acceptors (Lipinski definition) is 3. The highest BCUT2D eigenvalue weighted by atomic mass is 19.1. The van der Waals surface area contributed by atoms with Crippen molar-refractivity contribution in [1.29, 1.82) is 0 Å². The van der Waals surface area contributed by atoms with E-state index in [2.05, 4.69) is 4.90 Å². The van der Waals surface area contributed by atoms with E-state index in [-0.39, 0.29) is 17.6 Å². The first kappa shape index (κ1) is 14.3. The molecule has 1 aliphatic rings. The summed E-state index contributed by atoms with van der Waals surface area (Å²) in [6, 6.07) is 4.09. The molecule has 4 heteroatoms. The largest absolute Gasteiger partial charge is 0.508 e. The summed E-state index contributed by atoms with van der Waals surface area (Å²) < 4.78 is 18.8. The average Bonchev–Trinajstić information content (AvgIpc) is 2.42. The number of aromatic hydroxyl groups is 1. The molecule has 1 heterocycles. The van der Waals surface area contributed by atoms with Crippen molar-refractivity contribution in [2.24, 2.45) is 5.92 Å². The number of halogens is 1. The van der Waals surface area contributed by atoms with Gasteiger partial charge in [-0.15, -0.1) is 0 Å². The third-order valence-corrected chi connectivity index (χ3v) is 3.90. The van der Waals surface area contributed by atoms with Crippen molar-refractivity contribution in [2.75, 3.05) is 26.8 Å². The minimum atomic E-state index is -0.311. The zero-order valence-corrected chi connectivity index (χ0v) is 11.6. The summed E-state index contributed by atoms with van der Waals surface area (Å²) in [5.74, 6) is 0.367. The summed E-state index contributed by atoms with van der Waals surface area (Å²) in [7, 11) is 2.00. The Balaban J connectivity index is 2.01. The van der Waals surface area contributed by atoms with Gasteiger partial charge in [0.05, 0.1) is 6.61 Å². The van der Waals surface area contributed by atoms with Crippen molar-refractivity contribution in [3.8, 4) is 5.75 Å². The SMILES string of the molecule is CC(c1cc(F)ccc1O)N(C)CC1CCCOC1. The summed E-state index contributed by atoms with van der Waals surface area (Å²) >= 11 is 0. The van der Waals surface area contributed by atoms with Crippen molar-refractivity contribution < 1.29 is 14.2 Å². The van der Waals surface area contributed by atoms with Gasteiger partial charge in [-0.1, -0.05) is 0 Å². The molecule has 1 aliphatic heterocycles. The summed E-state index contributed by atoms with van der Waals surface area (Å²) in [5, 5.41) is 9.84. The summed E-state index contributed by atoms with van der Waals surface area (Å²) in [4.78, 5) is 2.15. The molecule has 2 rings (SSSR count). The molecule has 0 aromatic heterocycles. The summed E-state index contributed by atoms with van der Waals surface area (Å²) in [5.41, 5.74) is 0.638. The molecule has 0 aliphatic carbocycles. The van der Waals surface area contributed by atoms with Crippen LogP contribution in [0.4, 0.5) is 4.39 Å². The minimum absolute atomic E-state index is 0.0161. The van der Waals surface area contributed by atoms with E-state index in [1.54, 1.807) is 0 Å². The quantitative estimate of drug-likeness (QED) is 0.910. The number of rotatable bonds is 4. The third kappa shape index (κ3) is 3.67. The number of phenolic OH excluding ortho intramolecular Hbond substituents is 1. The molecule has 1 fully saturated rings. The van der Waals surface area contributed by atoms with E-state index in [1.807, 2.05) is 14.0 Å². The Morgan fingerprint density at radius 1 is 1.53 bits per heavy atom. The molecule has 1 N–H and O–H groups in total. The Hall–Kier alpha value is -1.13. The monoisotopic (exact) mass is 267 g/mol. The molecular weight excluding hydrogens is 245 g/mol. The minimum Gasteiger partial charge on any atom is -0.508 e. The Morgan fingerprint density at radius 2 is 2.32 bits per heavy atom. The van der Waals surface area contributed by atoms with Crippen molar-refractivity contribution in [2.45, 2.75) is 25.8 Å². The lowest BCUT2D eigenvalue weighted by Gasteiger charge is -2.31. The average molecular weight is 267 g/mol. The van der Waals surface area contributed by atoms with Gasteiger partial charge >= 0.3 is 0 Å². The van der Waals surface area contributed by atoms with E-state index in [4.69, 9.17) is 4.74 Å². The fraction of sp³-hybridized carbons (Fsp3) is 0.600. The number of hydrogen-bond donors (Lipinski definition) is 1. The standard InChI is InChI=1S/C15H22FNO2/c1-11(14-8-13(16)5-6-15(14)18)17(2)9-12-4-3-7-19-10-12/h5-6,8,11-12,18H,3-4,7,9-10H2,1-2H3. The van der Waals surface area contributed by atoms with E-state index in [0.717, 1.165) is 26.2 Å². The van der Waals surface area contributed by atoms with Crippen LogP contribution in [0, 0.1) is 11.7 Å². The molecule has 3 nitrogen and oxygen atoms in total. The van der Waals surface area contributed by atoms with Gasteiger partial charge in [0.2, 0.25) is 0 Å². The molecule has 19 heavy (non-hydrogen) atoms. The molecule has 2 atom stereocenters. The van der Waals surface area contributed by atoms with Gasteiger partial charge in [0.15, 0.2) is 0 Å². The molecule has 106 valence electrons. The van der Waals surface area contributed by atoms with Crippen LogP contribution in [-0.2, 0) is 4.74 Å². The van der Waals surface area contributed by atoms with Crippen LogP contribution in [0.1, 0.15) is 31.4 Å². The van der Waals surface area contributed by atoms with Gasteiger partial charge < -0.3 is 9.84 Å². The van der Waals surface area contributed by atoms with Crippen molar-refractivity contribution in [1.82, 2.24) is 4.90 Å². The second-order valence-electron chi connectivity index (χ2n) is 5.40. The van der Waals surface area contributed by atoms with Crippen LogP contribution in [0.3, 0.4) is 0 Å². The van der Waals surface area contributed by atoms with Gasteiger partial charge in [0.25, 0.3) is 0 Å². The van der Waals surface area contributed by atoms with Crippen LogP contribution in [-0.4, -0.2) is 36.8 Å². The van der Waals surface area contributed by atoms with Gasteiger partial charge in [0.1, 0.15) is 11.6 Å². The van der Waals surface area contributed by atoms with E-state index in [0.29, 0.717) is 11.5 Å². The summed E-state index contributed by atoms with van der Waals surface area (Å²) in [6.07, 6.45) is 2.28. The highest BCUT2D eigenvalue weighted by Gasteiger charge is 2.21. The number of nitrogens with zero attached hydrogens (tertiary/aromatic N) is 1. The van der Waals surface area contributed by atoms with Crippen molar-refractivity contribution in [3.05, 3.63) is 29.6 Å². The fourth-order valence-corrected chi connectivity index (χ4v) is 2.61. The van der Waals surface area contributed by atoms with Crippen LogP contribution < -0.4 is 0 Å². The van der Waals surface area contributed by atoms with E-state index >= 15 is 0 Å². The Labute approximate surface area is 114 Å². The Kier molecular flexibility index (Phi) is 4.77. The molecular formula is C15H22FNO2. The molecule has 0 saturated carbocycles. The van der Waals surface area contributed by atoms with Gasteiger partial charge in [0, 0.05) is 24.8 Å². The normalized spacial score (nSPS) is 21.6. The highest BCUT2D eigenvalue weighted by molar-refractivity contribution is 5.34. The topological polar surface area (TPSA) is 32.7 Å². The van der Waals surface area contributed by atoms with Crippen LogP contribution >= 0.6 is 0 Å². The van der Waals surface area contributed by atoms with Crippen LogP contribution in [0.15, 0.2) is 18.2 Å². The zero-order chi connectivity index (χ0) is 13.8. The van der Waals surface area contributed by atoms with Crippen molar-refractivity contribution >= 4 is 0 Å². The number of phenols is 1. The second kappa shape index (κ2) is 6.35. The lowest BCUT2D eigenvalue weighted by atomic mass is 9.99. The number of ether oxygens (including phenoxy) is 1. The first-order chi connectivity index (χ1) is 9.08. The molecule has 1 aromatic carbocycles. The second-order valence-corrected chi connectivity index (χ2v) is 5.40. The molecule has 2 unspecified atom stereocenters. The van der Waals surface area contributed by atoms with Crippen molar-refractivity contribution in [3.63, 3.8) is 0 Å². The van der Waals surface area contributed by atoms with Crippen LogP contribution in [0.2, 0.25) is 0 Å². The molecule has 1 aromatic rings. The van der Waals surface area contributed by atoms with E-state index < -0.39 is 0 Å². The fourth-order valence-electron chi connectivity index (χ4n) is 2.61. The molecule has 0 bridgehead atoms. The van der Waals surface area contributed by atoms with Crippen LogP contribution in [0.25, 0.3) is 0 Å². The molecule has 1 saturated heterocycles. The maximum atomic E-state index is 13.3. The molecule has 0 radical (unpaired) electrons. The van der Waals surface area contributed by atoms with Gasteiger partial charge in [-0.05, 0) is 50.9 Å². The Morgan fingerprint density at radius 3 is 3.00 bits per heavy atom.